The molecular formula is C21H20N2O4S. The number of hydrogen-bond donors (Lipinski definition) is 2. The van der Waals surface area contributed by atoms with Crippen LogP contribution in [0.4, 0.5) is 5.69 Å². The Morgan fingerprint density at radius 1 is 0.929 bits per heavy atom. The van der Waals surface area contributed by atoms with E-state index in [1.165, 1.54) is 0 Å². The number of carbonyl (C=O) groups excluding carboxylic acids is 2. The predicted octanol–water partition coefficient (Wildman–Crippen LogP) is 3.85. The number of thiophene rings is 1. The molecular weight excluding hydrogens is 376 g/mol. The predicted molar refractivity (Wildman–Crippen MR) is 109 cm³/mol. The molecule has 2 aromatic carbocycles. The Morgan fingerprint density at radius 3 is 2.36 bits per heavy atom. The topological polar surface area (TPSA) is 76.7 Å². The minimum Gasteiger partial charge on any atom is -0.493 e. The highest BCUT2D eigenvalue weighted by Gasteiger charge is 2.13. The number of amides is 2. The number of benzene rings is 2. The summed E-state index contributed by atoms with van der Waals surface area (Å²) in [4.78, 5) is 25.1. The van der Waals surface area contributed by atoms with Gasteiger partial charge in [0.2, 0.25) is 0 Å². The van der Waals surface area contributed by atoms with Gasteiger partial charge in [0.15, 0.2) is 11.5 Å². The molecule has 7 heteroatoms. The van der Waals surface area contributed by atoms with Crippen molar-refractivity contribution in [2.75, 3.05) is 19.0 Å². The summed E-state index contributed by atoms with van der Waals surface area (Å²) in [5.41, 5.74) is 0.505. The Balaban J connectivity index is 1.50. The number of carbonyl (C=O) groups is 2. The van der Waals surface area contributed by atoms with Crippen LogP contribution in [0.25, 0.3) is 0 Å². The Labute approximate surface area is 167 Å². The maximum atomic E-state index is 12.0. The summed E-state index contributed by atoms with van der Waals surface area (Å²) in [5.74, 6) is 0.435. The summed E-state index contributed by atoms with van der Waals surface area (Å²) < 4.78 is 11.0. The van der Waals surface area contributed by atoms with Gasteiger partial charge in [0.25, 0.3) is 0 Å². The number of hydrogen-bond acceptors (Lipinski definition) is 5. The summed E-state index contributed by atoms with van der Waals surface area (Å²) in [7, 11) is 1.58. The molecule has 0 aliphatic carbocycles. The van der Waals surface area contributed by atoms with E-state index in [-0.39, 0.29) is 0 Å². The van der Waals surface area contributed by atoms with Gasteiger partial charge < -0.3 is 20.1 Å². The van der Waals surface area contributed by atoms with E-state index in [0.717, 1.165) is 4.88 Å². The Hall–Kier alpha value is -3.32. The molecule has 28 heavy (non-hydrogen) atoms. The molecule has 0 bridgehead atoms. The van der Waals surface area contributed by atoms with Crippen molar-refractivity contribution in [1.82, 2.24) is 5.32 Å². The molecule has 1 aromatic heterocycles. The molecule has 6 nitrogen and oxygen atoms in total. The molecule has 3 rings (SSSR count). The maximum Gasteiger partial charge on any atom is 0.313 e. The first-order valence-corrected chi connectivity index (χ1v) is 9.56. The monoisotopic (exact) mass is 396 g/mol. The third-order valence-corrected chi connectivity index (χ3v) is 4.79. The fraction of sp³-hybridized carbons (Fsp3) is 0.143. The SMILES string of the molecule is COc1ccccc1Oc1ccc(NC(=O)C(=O)NCCc2cccs2)cc1. The van der Waals surface area contributed by atoms with Gasteiger partial charge in [-0.2, -0.15) is 0 Å². The van der Waals surface area contributed by atoms with E-state index in [2.05, 4.69) is 10.6 Å². The molecule has 2 N–H and O–H groups in total. The van der Waals surface area contributed by atoms with Crippen LogP contribution in [0.3, 0.4) is 0 Å². The molecule has 1 heterocycles. The standard InChI is InChI=1S/C21H20N2O4S/c1-26-18-6-2-3-7-19(18)27-16-10-8-15(9-11-16)23-21(25)20(24)22-13-12-17-5-4-14-28-17/h2-11,14H,12-13H2,1H3,(H,22,24)(H,23,25). The fourth-order valence-corrected chi connectivity index (χ4v) is 3.17. The molecule has 0 aliphatic rings. The lowest BCUT2D eigenvalue weighted by Crippen LogP contribution is -2.36. The van der Waals surface area contributed by atoms with E-state index < -0.39 is 11.8 Å². The molecule has 0 saturated heterocycles. The Bertz CT molecular complexity index is 924. The van der Waals surface area contributed by atoms with Crippen LogP contribution in [0.5, 0.6) is 17.2 Å². The molecule has 2 amide bonds. The second-order valence-electron chi connectivity index (χ2n) is 5.82. The number of para-hydroxylation sites is 2. The highest BCUT2D eigenvalue weighted by molar-refractivity contribution is 7.09. The van der Waals surface area contributed by atoms with Crippen LogP contribution >= 0.6 is 11.3 Å². The van der Waals surface area contributed by atoms with Crippen LogP contribution in [0.15, 0.2) is 66.0 Å². The highest BCUT2D eigenvalue weighted by Crippen LogP contribution is 2.31. The van der Waals surface area contributed by atoms with Gasteiger partial charge in [-0.1, -0.05) is 18.2 Å². The summed E-state index contributed by atoms with van der Waals surface area (Å²) in [6.07, 6.45) is 0.700. The van der Waals surface area contributed by atoms with Crippen molar-refractivity contribution in [3.63, 3.8) is 0 Å². The number of rotatable bonds is 7. The van der Waals surface area contributed by atoms with E-state index in [1.54, 1.807) is 54.8 Å². The lowest BCUT2D eigenvalue weighted by Gasteiger charge is -2.11. The minimum atomic E-state index is -0.704. The van der Waals surface area contributed by atoms with E-state index in [0.29, 0.717) is 35.9 Å². The first-order valence-electron chi connectivity index (χ1n) is 8.68. The highest BCUT2D eigenvalue weighted by atomic mass is 32.1. The van der Waals surface area contributed by atoms with E-state index >= 15 is 0 Å². The first-order chi connectivity index (χ1) is 13.7. The van der Waals surface area contributed by atoms with Gasteiger partial charge in [-0.15, -0.1) is 11.3 Å². The summed E-state index contributed by atoms with van der Waals surface area (Å²) in [6, 6.07) is 18.0. The molecule has 0 saturated carbocycles. The van der Waals surface area contributed by atoms with Crippen molar-refractivity contribution >= 4 is 28.8 Å². The minimum absolute atomic E-state index is 0.415. The zero-order valence-electron chi connectivity index (χ0n) is 15.3. The van der Waals surface area contributed by atoms with Gasteiger partial charge in [-0.25, -0.2) is 0 Å². The zero-order chi connectivity index (χ0) is 19.8. The number of nitrogens with one attached hydrogen (secondary N) is 2. The van der Waals surface area contributed by atoms with Gasteiger partial charge in [-0.05, 0) is 54.3 Å². The second kappa shape index (κ2) is 9.57. The average molecular weight is 396 g/mol. The van der Waals surface area contributed by atoms with Crippen molar-refractivity contribution in [2.24, 2.45) is 0 Å². The summed E-state index contributed by atoms with van der Waals surface area (Å²) in [6.45, 7) is 0.415. The lowest BCUT2D eigenvalue weighted by molar-refractivity contribution is -0.136. The molecule has 0 unspecified atom stereocenters. The van der Waals surface area contributed by atoms with Crippen LogP contribution < -0.4 is 20.1 Å². The maximum absolute atomic E-state index is 12.0. The third-order valence-electron chi connectivity index (χ3n) is 3.85. The third kappa shape index (κ3) is 5.34. The van der Waals surface area contributed by atoms with E-state index in [4.69, 9.17) is 9.47 Å². The van der Waals surface area contributed by atoms with Crippen LogP contribution in [-0.4, -0.2) is 25.5 Å². The molecule has 3 aromatic rings. The van der Waals surface area contributed by atoms with E-state index in [1.807, 2.05) is 29.6 Å². The molecule has 0 aliphatic heterocycles. The largest absolute Gasteiger partial charge is 0.493 e. The molecule has 0 radical (unpaired) electrons. The van der Waals surface area contributed by atoms with Crippen molar-refractivity contribution in [1.29, 1.82) is 0 Å². The van der Waals surface area contributed by atoms with Crippen molar-refractivity contribution in [2.45, 2.75) is 6.42 Å². The van der Waals surface area contributed by atoms with Crippen LogP contribution in [0.1, 0.15) is 4.88 Å². The normalized spacial score (nSPS) is 10.2. The van der Waals surface area contributed by atoms with Crippen molar-refractivity contribution in [3.05, 3.63) is 70.9 Å². The average Bonchev–Trinajstić information content (AvgIpc) is 3.23. The van der Waals surface area contributed by atoms with Gasteiger partial charge in [-0.3, -0.25) is 9.59 Å². The van der Waals surface area contributed by atoms with Crippen LogP contribution in [0, 0.1) is 0 Å². The second-order valence-corrected chi connectivity index (χ2v) is 6.85. The molecule has 144 valence electrons. The quantitative estimate of drug-likeness (QED) is 0.595. The smallest absolute Gasteiger partial charge is 0.313 e. The fourth-order valence-electron chi connectivity index (χ4n) is 2.46. The number of anilines is 1. The first kappa shape index (κ1) is 19.4. The van der Waals surface area contributed by atoms with Crippen molar-refractivity contribution in [3.8, 4) is 17.2 Å². The van der Waals surface area contributed by atoms with Gasteiger partial charge in [0, 0.05) is 17.1 Å². The number of methoxy groups -OCH3 is 1. The summed E-state index contributed by atoms with van der Waals surface area (Å²) in [5, 5.41) is 7.16. The number of ether oxygens (including phenoxy) is 2. The van der Waals surface area contributed by atoms with E-state index in [9.17, 15) is 9.59 Å². The summed E-state index contributed by atoms with van der Waals surface area (Å²) >= 11 is 1.62. The van der Waals surface area contributed by atoms with Crippen LogP contribution in [-0.2, 0) is 16.0 Å². The molecule has 0 atom stereocenters. The van der Waals surface area contributed by atoms with Crippen LogP contribution in [0.2, 0.25) is 0 Å². The Morgan fingerprint density at radius 2 is 1.68 bits per heavy atom. The molecule has 0 spiro atoms. The van der Waals surface area contributed by atoms with Gasteiger partial charge >= 0.3 is 11.8 Å². The zero-order valence-corrected chi connectivity index (χ0v) is 16.1. The van der Waals surface area contributed by atoms with Crippen molar-refractivity contribution < 1.29 is 19.1 Å². The Kier molecular flexibility index (Phi) is 6.64. The van der Waals surface area contributed by atoms with Gasteiger partial charge in [0.05, 0.1) is 7.11 Å². The lowest BCUT2D eigenvalue weighted by atomic mass is 10.3. The molecule has 0 fully saturated rings. The van der Waals surface area contributed by atoms with Gasteiger partial charge in [0.1, 0.15) is 5.75 Å².